The van der Waals surface area contributed by atoms with Crippen molar-refractivity contribution in [1.29, 1.82) is 5.26 Å². The van der Waals surface area contributed by atoms with E-state index in [1.165, 1.54) is 22.7 Å². The molecule has 0 atom stereocenters. The van der Waals surface area contributed by atoms with Gasteiger partial charge in [0.2, 0.25) is 0 Å². The van der Waals surface area contributed by atoms with E-state index >= 15 is 0 Å². The van der Waals surface area contributed by atoms with E-state index in [-0.39, 0.29) is 5.91 Å². The molecule has 0 saturated heterocycles. The summed E-state index contributed by atoms with van der Waals surface area (Å²) in [6.07, 6.45) is 0.838. The van der Waals surface area contributed by atoms with E-state index in [2.05, 4.69) is 23.3 Å². The number of nitrogens with one attached hydrogen (secondary N) is 1. The Morgan fingerprint density at radius 1 is 1.36 bits per heavy atom. The van der Waals surface area contributed by atoms with E-state index in [1.807, 2.05) is 24.3 Å². The van der Waals surface area contributed by atoms with Gasteiger partial charge in [0.05, 0.1) is 10.6 Å². The topological polar surface area (TPSA) is 56.1 Å². The molecule has 0 radical (unpaired) electrons. The summed E-state index contributed by atoms with van der Waals surface area (Å²) < 4.78 is 0.977. The second-order valence-electron chi connectivity index (χ2n) is 6.00. The quantitative estimate of drug-likeness (QED) is 0.691. The largest absolute Gasteiger partial charge is 0.312 e. The van der Waals surface area contributed by atoms with Crippen LogP contribution in [0.5, 0.6) is 0 Å². The number of thiophene rings is 2. The SMILES string of the molecule is CN1CCc2c(sc(NC(=O)c3sc4ccccc4c3Cl)c2C#N)C1. The summed E-state index contributed by atoms with van der Waals surface area (Å²) in [4.78, 5) is 16.6. The zero-order chi connectivity index (χ0) is 17.6. The van der Waals surface area contributed by atoms with Crippen molar-refractivity contribution in [3.63, 3.8) is 0 Å². The van der Waals surface area contributed by atoms with Crippen molar-refractivity contribution < 1.29 is 4.79 Å². The molecule has 1 aliphatic heterocycles. The molecule has 4 nitrogen and oxygen atoms in total. The first-order valence-corrected chi connectivity index (χ1v) is 9.81. The third-order valence-electron chi connectivity index (χ3n) is 4.33. The molecular weight excluding hydrogens is 374 g/mol. The average Bonchev–Trinajstić information content (AvgIpc) is 3.12. The number of rotatable bonds is 2. The van der Waals surface area contributed by atoms with E-state index < -0.39 is 0 Å². The maximum Gasteiger partial charge on any atom is 0.267 e. The lowest BCUT2D eigenvalue weighted by Gasteiger charge is -2.21. The van der Waals surface area contributed by atoms with Crippen LogP contribution in [0.3, 0.4) is 0 Å². The van der Waals surface area contributed by atoms with Crippen LogP contribution in [0, 0.1) is 11.3 Å². The molecule has 1 amide bonds. The number of fused-ring (bicyclic) bond motifs is 2. The third-order valence-corrected chi connectivity index (χ3v) is 7.13. The first-order valence-electron chi connectivity index (χ1n) is 7.80. The van der Waals surface area contributed by atoms with Crippen molar-refractivity contribution in [2.45, 2.75) is 13.0 Å². The Hall–Kier alpha value is -1.91. The van der Waals surface area contributed by atoms with Gasteiger partial charge in [-0.1, -0.05) is 29.8 Å². The number of hydrogen-bond donors (Lipinski definition) is 1. The standard InChI is InChI=1S/C18H14ClN3OS2/c1-22-7-6-10-12(8-20)18(25-14(10)9-22)21-17(23)16-15(19)11-4-2-3-5-13(11)24-16/h2-5H,6-7,9H2,1H3,(H,21,23). The van der Waals surface area contributed by atoms with E-state index in [0.717, 1.165) is 40.0 Å². The predicted molar refractivity (Wildman–Crippen MR) is 104 cm³/mol. The fourth-order valence-electron chi connectivity index (χ4n) is 3.06. The van der Waals surface area contributed by atoms with Gasteiger partial charge >= 0.3 is 0 Å². The van der Waals surface area contributed by atoms with Gasteiger partial charge in [0, 0.05) is 28.1 Å². The lowest BCUT2D eigenvalue weighted by Crippen LogP contribution is -2.25. The Labute approximate surface area is 158 Å². The van der Waals surface area contributed by atoms with E-state index in [0.29, 0.717) is 20.5 Å². The summed E-state index contributed by atoms with van der Waals surface area (Å²) >= 11 is 9.25. The molecule has 7 heteroatoms. The summed E-state index contributed by atoms with van der Waals surface area (Å²) in [5.74, 6) is -0.255. The fourth-order valence-corrected chi connectivity index (χ4v) is 5.74. The van der Waals surface area contributed by atoms with Crippen LogP contribution in [0.1, 0.15) is 25.7 Å². The van der Waals surface area contributed by atoms with Gasteiger partial charge in [-0.2, -0.15) is 5.26 Å². The molecule has 0 aliphatic carbocycles. The second-order valence-corrected chi connectivity index (χ2v) is 8.54. The lowest BCUT2D eigenvalue weighted by atomic mass is 10.0. The first-order chi connectivity index (χ1) is 12.1. The Morgan fingerprint density at radius 3 is 2.92 bits per heavy atom. The normalized spacial score (nSPS) is 14.3. The van der Waals surface area contributed by atoms with Crippen LogP contribution in [-0.4, -0.2) is 24.4 Å². The summed E-state index contributed by atoms with van der Waals surface area (Å²) in [6.45, 7) is 1.74. The zero-order valence-corrected chi connectivity index (χ0v) is 15.8. The minimum absolute atomic E-state index is 0.255. The van der Waals surface area contributed by atoms with Gasteiger partial charge in [-0.05, 0) is 25.1 Å². The van der Waals surface area contributed by atoms with E-state index in [1.54, 1.807) is 0 Å². The number of anilines is 1. The zero-order valence-electron chi connectivity index (χ0n) is 13.4. The molecule has 1 N–H and O–H groups in total. The summed E-state index contributed by atoms with van der Waals surface area (Å²) in [5.41, 5.74) is 1.67. The Balaban J connectivity index is 1.69. The summed E-state index contributed by atoms with van der Waals surface area (Å²) in [6, 6.07) is 9.95. The monoisotopic (exact) mass is 387 g/mol. The van der Waals surface area contributed by atoms with Gasteiger partial charge in [0.1, 0.15) is 15.9 Å². The van der Waals surface area contributed by atoms with Gasteiger partial charge in [-0.25, -0.2) is 0 Å². The van der Waals surface area contributed by atoms with Crippen LogP contribution < -0.4 is 5.32 Å². The number of carbonyl (C=O) groups excluding carboxylic acids is 1. The highest BCUT2D eigenvalue weighted by Crippen LogP contribution is 2.39. The van der Waals surface area contributed by atoms with Crippen LogP contribution in [-0.2, 0) is 13.0 Å². The highest BCUT2D eigenvalue weighted by Gasteiger charge is 2.25. The van der Waals surface area contributed by atoms with Crippen molar-refractivity contribution in [2.75, 3.05) is 18.9 Å². The van der Waals surface area contributed by atoms with Gasteiger partial charge in [-0.3, -0.25) is 4.79 Å². The minimum atomic E-state index is -0.255. The number of nitriles is 1. The first kappa shape index (κ1) is 16.6. The molecule has 1 aliphatic rings. The predicted octanol–water partition coefficient (Wildman–Crippen LogP) is 4.73. The number of nitrogens with zero attached hydrogens (tertiary/aromatic N) is 2. The summed E-state index contributed by atoms with van der Waals surface area (Å²) in [5, 5.41) is 14.4. The van der Waals surface area contributed by atoms with Crippen molar-refractivity contribution in [2.24, 2.45) is 0 Å². The number of halogens is 1. The van der Waals surface area contributed by atoms with Gasteiger partial charge in [0.15, 0.2) is 0 Å². The van der Waals surface area contributed by atoms with E-state index in [4.69, 9.17) is 11.6 Å². The minimum Gasteiger partial charge on any atom is -0.312 e. The van der Waals surface area contributed by atoms with Crippen LogP contribution in [0.25, 0.3) is 10.1 Å². The molecule has 2 aromatic heterocycles. The number of hydrogen-bond acceptors (Lipinski definition) is 5. The van der Waals surface area contributed by atoms with Crippen molar-refractivity contribution in [3.8, 4) is 6.07 Å². The van der Waals surface area contributed by atoms with Crippen molar-refractivity contribution in [1.82, 2.24) is 4.90 Å². The molecule has 1 aromatic carbocycles. The molecule has 4 rings (SSSR count). The van der Waals surface area contributed by atoms with Crippen molar-refractivity contribution in [3.05, 3.63) is 50.2 Å². The number of likely N-dealkylation sites (N-methyl/N-ethyl adjacent to an activating group) is 1. The Kier molecular flexibility index (Phi) is 4.26. The average molecular weight is 388 g/mol. The molecule has 3 aromatic rings. The molecule has 0 spiro atoms. The molecule has 0 saturated carbocycles. The second kappa shape index (κ2) is 6.43. The highest BCUT2D eigenvalue weighted by atomic mass is 35.5. The van der Waals surface area contributed by atoms with Gasteiger partial charge in [0.25, 0.3) is 5.91 Å². The molecule has 126 valence electrons. The van der Waals surface area contributed by atoms with E-state index in [9.17, 15) is 10.1 Å². The van der Waals surface area contributed by atoms with Gasteiger partial charge in [-0.15, -0.1) is 22.7 Å². The summed E-state index contributed by atoms with van der Waals surface area (Å²) in [7, 11) is 2.06. The van der Waals surface area contributed by atoms with Crippen molar-refractivity contribution >= 4 is 55.3 Å². The number of amides is 1. The van der Waals surface area contributed by atoms with Crippen LogP contribution in [0.4, 0.5) is 5.00 Å². The maximum absolute atomic E-state index is 12.8. The third kappa shape index (κ3) is 2.83. The molecule has 3 heterocycles. The highest BCUT2D eigenvalue weighted by molar-refractivity contribution is 7.22. The molecule has 25 heavy (non-hydrogen) atoms. The molecule has 0 unspecified atom stereocenters. The molecule has 0 bridgehead atoms. The Morgan fingerprint density at radius 2 is 2.16 bits per heavy atom. The Bertz CT molecular complexity index is 1030. The number of carbonyl (C=O) groups is 1. The van der Waals surface area contributed by atoms with Crippen LogP contribution in [0.2, 0.25) is 5.02 Å². The fraction of sp³-hybridized carbons (Fsp3) is 0.222. The molecular formula is C18H14ClN3OS2. The number of benzene rings is 1. The lowest BCUT2D eigenvalue weighted by molar-refractivity contribution is 0.103. The van der Waals surface area contributed by atoms with Crippen LogP contribution >= 0.6 is 34.3 Å². The maximum atomic E-state index is 12.8. The van der Waals surface area contributed by atoms with Crippen LogP contribution in [0.15, 0.2) is 24.3 Å². The smallest absolute Gasteiger partial charge is 0.267 e. The van der Waals surface area contributed by atoms with Gasteiger partial charge < -0.3 is 10.2 Å². The molecule has 0 fully saturated rings.